The summed E-state index contributed by atoms with van der Waals surface area (Å²) in [4.78, 5) is 13.8. The quantitative estimate of drug-likeness (QED) is 0.787. The zero-order valence-corrected chi connectivity index (χ0v) is 10.6. The molecule has 1 aromatic rings. The Morgan fingerprint density at radius 2 is 2.25 bits per heavy atom. The largest absolute Gasteiger partial charge is 0.341 e. The van der Waals surface area contributed by atoms with Crippen LogP contribution in [-0.2, 0) is 11.3 Å². The van der Waals surface area contributed by atoms with Crippen molar-refractivity contribution in [2.75, 3.05) is 7.05 Å². The topological polar surface area (TPSA) is 20.3 Å². The Balaban J connectivity index is 1.79. The Morgan fingerprint density at radius 1 is 1.50 bits per heavy atom. The van der Waals surface area contributed by atoms with Crippen molar-refractivity contribution >= 4 is 17.2 Å². The number of hydrogen-bond acceptors (Lipinski definition) is 2. The molecule has 2 rings (SSSR count). The number of rotatable bonds is 4. The van der Waals surface area contributed by atoms with Crippen LogP contribution >= 0.6 is 11.3 Å². The third-order valence-electron chi connectivity index (χ3n) is 3.36. The molecule has 1 aromatic heterocycles. The Bertz CT molecular complexity index is 328. The molecule has 1 amide bonds. The van der Waals surface area contributed by atoms with Gasteiger partial charge in [0.2, 0.25) is 5.91 Å². The number of carbonyl (C=O) groups excluding carboxylic acids is 1. The zero-order chi connectivity index (χ0) is 11.4. The van der Waals surface area contributed by atoms with E-state index in [9.17, 15) is 4.79 Å². The second-order valence-corrected chi connectivity index (χ2v) is 5.52. The standard InChI is InChI=1S/C13H19NOS/c1-14(9-12-6-7-16-10-12)13(15)8-11-4-2-3-5-11/h6-7,10-11H,2-5,8-9H2,1H3. The first-order valence-corrected chi connectivity index (χ1v) is 6.95. The fraction of sp³-hybridized carbons (Fsp3) is 0.615. The van der Waals surface area contributed by atoms with E-state index in [-0.39, 0.29) is 0 Å². The van der Waals surface area contributed by atoms with Crippen molar-refractivity contribution in [1.29, 1.82) is 0 Å². The van der Waals surface area contributed by atoms with Gasteiger partial charge in [-0.25, -0.2) is 0 Å². The summed E-state index contributed by atoms with van der Waals surface area (Å²) < 4.78 is 0. The van der Waals surface area contributed by atoms with Gasteiger partial charge in [0, 0.05) is 20.0 Å². The van der Waals surface area contributed by atoms with E-state index in [2.05, 4.69) is 16.8 Å². The van der Waals surface area contributed by atoms with Crippen molar-refractivity contribution in [2.24, 2.45) is 5.92 Å². The molecule has 0 atom stereocenters. The van der Waals surface area contributed by atoms with Crippen LogP contribution in [0.2, 0.25) is 0 Å². The van der Waals surface area contributed by atoms with Crippen LogP contribution in [0.5, 0.6) is 0 Å². The first-order valence-electron chi connectivity index (χ1n) is 6.01. The molecule has 0 saturated heterocycles. The molecule has 1 heterocycles. The maximum atomic E-state index is 12.0. The zero-order valence-electron chi connectivity index (χ0n) is 9.82. The highest BCUT2D eigenvalue weighted by molar-refractivity contribution is 7.07. The molecule has 0 bridgehead atoms. The summed E-state index contributed by atoms with van der Waals surface area (Å²) in [6.07, 6.45) is 5.87. The molecule has 0 unspecified atom stereocenters. The monoisotopic (exact) mass is 237 g/mol. The van der Waals surface area contributed by atoms with Gasteiger partial charge in [0.05, 0.1) is 0 Å². The molecule has 0 spiro atoms. The molecule has 2 nitrogen and oxygen atoms in total. The minimum Gasteiger partial charge on any atom is -0.341 e. The third-order valence-corrected chi connectivity index (χ3v) is 4.10. The molecule has 1 aliphatic carbocycles. The van der Waals surface area contributed by atoms with Crippen molar-refractivity contribution < 1.29 is 4.79 Å². The van der Waals surface area contributed by atoms with Crippen LogP contribution in [0.1, 0.15) is 37.7 Å². The van der Waals surface area contributed by atoms with Crippen LogP contribution in [0.25, 0.3) is 0 Å². The Morgan fingerprint density at radius 3 is 2.88 bits per heavy atom. The molecule has 88 valence electrons. The predicted molar refractivity (Wildman–Crippen MR) is 67.4 cm³/mol. The molecule has 16 heavy (non-hydrogen) atoms. The smallest absolute Gasteiger partial charge is 0.222 e. The van der Waals surface area contributed by atoms with E-state index in [0.29, 0.717) is 11.8 Å². The van der Waals surface area contributed by atoms with E-state index < -0.39 is 0 Å². The lowest BCUT2D eigenvalue weighted by Crippen LogP contribution is -2.27. The van der Waals surface area contributed by atoms with Crippen molar-refractivity contribution in [2.45, 2.75) is 38.6 Å². The normalized spacial score (nSPS) is 16.6. The van der Waals surface area contributed by atoms with Gasteiger partial charge in [0.25, 0.3) is 0 Å². The molecule has 3 heteroatoms. The summed E-state index contributed by atoms with van der Waals surface area (Å²) in [5.41, 5.74) is 1.24. The maximum Gasteiger partial charge on any atom is 0.222 e. The van der Waals surface area contributed by atoms with Crippen LogP contribution in [0, 0.1) is 5.92 Å². The molecule has 1 fully saturated rings. The molecular formula is C13H19NOS. The lowest BCUT2D eigenvalue weighted by molar-refractivity contribution is -0.131. The second-order valence-electron chi connectivity index (χ2n) is 4.74. The predicted octanol–water partition coefficient (Wildman–Crippen LogP) is 3.29. The van der Waals surface area contributed by atoms with E-state index in [4.69, 9.17) is 0 Å². The first kappa shape index (κ1) is 11.6. The van der Waals surface area contributed by atoms with E-state index in [0.717, 1.165) is 13.0 Å². The molecule has 1 saturated carbocycles. The Hall–Kier alpha value is -0.830. The number of hydrogen-bond donors (Lipinski definition) is 0. The van der Waals surface area contributed by atoms with Gasteiger partial charge in [-0.3, -0.25) is 4.79 Å². The molecule has 0 N–H and O–H groups in total. The van der Waals surface area contributed by atoms with Crippen LogP contribution < -0.4 is 0 Å². The van der Waals surface area contributed by atoms with Crippen molar-refractivity contribution in [3.63, 3.8) is 0 Å². The molecule has 0 aliphatic heterocycles. The average Bonchev–Trinajstić information content (AvgIpc) is 2.90. The summed E-state index contributed by atoms with van der Waals surface area (Å²) >= 11 is 1.69. The van der Waals surface area contributed by atoms with Gasteiger partial charge in [0.15, 0.2) is 0 Å². The second kappa shape index (κ2) is 5.48. The number of nitrogens with zero attached hydrogens (tertiary/aromatic N) is 1. The highest BCUT2D eigenvalue weighted by Crippen LogP contribution is 2.28. The van der Waals surface area contributed by atoms with Gasteiger partial charge in [0.1, 0.15) is 0 Å². The van der Waals surface area contributed by atoms with Gasteiger partial charge >= 0.3 is 0 Å². The minimum atomic E-state index is 0.304. The third kappa shape index (κ3) is 3.08. The number of carbonyl (C=O) groups is 1. The average molecular weight is 237 g/mol. The SMILES string of the molecule is CN(Cc1ccsc1)C(=O)CC1CCCC1. The minimum absolute atomic E-state index is 0.304. The van der Waals surface area contributed by atoms with Crippen molar-refractivity contribution in [3.8, 4) is 0 Å². The van der Waals surface area contributed by atoms with Gasteiger partial charge in [-0.05, 0) is 41.1 Å². The highest BCUT2D eigenvalue weighted by Gasteiger charge is 2.20. The summed E-state index contributed by atoms with van der Waals surface area (Å²) in [6, 6.07) is 2.09. The molecular weight excluding hydrogens is 218 g/mol. The molecule has 1 aliphatic rings. The van der Waals surface area contributed by atoms with Crippen LogP contribution in [-0.4, -0.2) is 17.9 Å². The van der Waals surface area contributed by atoms with E-state index in [1.54, 1.807) is 11.3 Å². The van der Waals surface area contributed by atoms with Crippen molar-refractivity contribution in [1.82, 2.24) is 4.90 Å². The number of thiophene rings is 1. The van der Waals surface area contributed by atoms with Gasteiger partial charge in [-0.15, -0.1) is 0 Å². The fourth-order valence-electron chi connectivity index (χ4n) is 2.36. The summed E-state index contributed by atoms with van der Waals surface area (Å²) in [5.74, 6) is 0.954. The maximum absolute atomic E-state index is 12.0. The van der Waals surface area contributed by atoms with E-state index >= 15 is 0 Å². The fourth-order valence-corrected chi connectivity index (χ4v) is 3.02. The Labute approximate surface area is 101 Å². The number of amides is 1. The summed E-state index contributed by atoms with van der Waals surface area (Å²) in [7, 11) is 1.91. The first-order chi connectivity index (χ1) is 7.75. The van der Waals surface area contributed by atoms with Gasteiger partial charge < -0.3 is 4.90 Å². The summed E-state index contributed by atoms with van der Waals surface area (Å²) in [5, 5.41) is 4.17. The summed E-state index contributed by atoms with van der Waals surface area (Å²) in [6.45, 7) is 0.759. The van der Waals surface area contributed by atoms with E-state index in [1.807, 2.05) is 11.9 Å². The van der Waals surface area contributed by atoms with E-state index in [1.165, 1.54) is 31.2 Å². The van der Waals surface area contributed by atoms with Gasteiger partial charge in [-0.1, -0.05) is 12.8 Å². The van der Waals surface area contributed by atoms with Crippen LogP contribution in [0.4, 0.5) is 0 Å². The lowest BCUT2D eigenvalue weighted by atomic mass is 10.0. The lowest BCUT2D eigenvalue weighted by Gasteiger charge is -2.18. The van der Waals surface area contributed by atoms with Crippen molar-refractivity contribution in [3.05, 3.63) is 22.4 Å². The molecule has 0 aromatic carbocycles. The highest BCUT2D eigenvalue weighted by atomic mass is 32.1. The molecule has 0 radical (unpaired) electrons. The van der Waals surface area contributed by atoms with Gasteiger partial charge in [-0.2, -0.15) is 11.3 Å². The Kier molecular flexibility index (Phi) is 3.99. The van der Waals surface area contributed by atoms with Crippen LogP contribution in [0.3, 0.4) is 0 Å². The van der Waals surface area contributed by atoms with Crippen LogP contribution in [0.15, 0.2) is 16.8 Å².